The number of aromatic nitrogens is 2. The molecule has 0 amide bonds. The number of nitrogens with one attached hydrogen (secondary N) is 1. The number of aromatic amines is 1. The highest BCUT2D eigenvalue weighted by atomic mass is 79.9. The van der Waals surface area contributed by atoms with Gasteiger partial charge in [0.1, 0.15) is 5.82 Å². The monoisotopic (exact) mass is 270 g/mol. The van der Waals surface area contributed by atoms with E-state index < -0.39 is 0 Å². The van der Waals surface area contributed by atoms with Crippen LogP contribution < -0.4 is 0 Å². The second-order valence-corrected chi connectivity index (χ2v) is 4.89. The third-order valence-electron chi connectivity index (χ3n) is 2.64. The normalized spacial score (nSPS) is 16.4. The summed E-state index contributed by atoms with van der Waals surface area (Å²) >= 11 is 9.79. The summed E-state index contributed by atoms with van der Waals surface area (Å²) in [5, 5.41) is 0.852. The zero-order chi connectivity index (χ0) is 9.71. The van der Waals surface area contributed by atoms with E-state index in [9.17, 15) is 0 Å². The van der Waals surface area contributed by atoms with Gasteiger partial charge in [-0.2, -0.15) is 0 Å². The molecule has 14 heavy (non-hydrogen) atoms. The molecule has 1 N–H and O–H groups in total. The molecule has 0 bridgehead atoms. The molecule has 72 valence electrons. The molecule has 1 fully saturated rings. The number of halogens is 2. The van der Waals surface area contributed by atoms with E-state index in [1.807, 2.05) is 6.20 Å². The van der Waals surface area contributed by atoms with Gasteiger partial charge >= 0.3 is 0 Å². The summed E-state index contributed by atoms with van der Waals surface area (Å²) in [5.41, 5.74) is 2.24. The Morgan fingerprint density at radius 1 is 1.50 bits per heavy atom. The van der Waals surface area contributed by atoms with Crippen molar-refractivity contribution in [1.29, 1.82) is 0 Å². The number of H-pyrrole nitrogens is 1. The van der Waals surface area contributed by atoms with Crippen LogP contribution in [-0.4, -0.2) is 9.97 Å². The minimum Gasteiger partial charge on any atom is -0.346 e. The minimum atomic E-state index is 0.657. The van der Waals surface area contributed by atoms with Crippen molar-refractivity contribution in [3.63, 3.8) is 0 Å². The maximum absolute atomic E-state index is 6.33. The molecule has 0 saturated heterocycles. The topological polar surface area (TPSA) is 28.7 Å². The Morgan fingerprint density at radius 2 is 2.29 bits per heavy atom. The van der Waals surface area contributed by atoms with E-state index in [4.69, 9.17) is 11.6 Å². The van der Waals surface area contributed by atoms with Crippen molar-refractivity contribution in [2.75, 3.05) is 0 Å². The largest absolute Gasteiger partial charge is 0.346 e. The van der Waals surface area contributed by atoms with Gasteiger partial charge in [-0.1, -0.05) is 11.6 Å². The molecule has 0 atom stereocenters. The lowest BCUT2D eigenvalue weighted by molar-refractivity contribution is 1.08. The predicted molar refractivity (Wildman–Crippen MR) is 59.9 cm³/mol. The fraction of sp³-hybridized carbons (Fsp3) is 0.300. The first-order chi connectivity index (χ1) is 6.77. The first kappa shape index (κ1) is 8.74. The van der Waals surface area contributed by atoms with Crippen molar-refractivity contribution in [2.45, 2.75) is 18.8 Å². The van der Waals surface area contributed by atoms with Gasteiger partial charge in [-0.3, -0.25) is 0 Å². The van der Waals surface area contributed by atoms with Gasteiger partial charge in [-0.25, -0.2) is 4.98 Å². The van der Waals surface area contributed by atoms with E-state index in [1.165, 1.54) is 18.4 Å². The maximum atomic E-state index is 6.33. The molecule has 0 aromatic rings. The Labute approximate surface area is 95.2 Å². The van der Waals surface area contributed by atoms with Gasteiger partial charge in [-0.15, -0.1) is 0 Å². The average Bonchev–Trinajstić information content (AvgIpc) is 2.92. The third-order valence-corrected chi connectivity index (χ3v) is 3.65. The molecule has 4 heteroatoms. The molecular formula is C10H8BrClN2. The van der Waals surface area contributed by atoms with Crippen molar-refractivity contribution in [2.24, 2.45) is 0 Å². The molecule has 2 heterocycles. The van der Waals surface area contributed by atoms with Crippen LogP contribution in [0.4, 0.5) is 0 Å². The summed E-state index contributed by atoms with van der Waals surface area (Å²) in [6, 6.07) is 0. The van der Waals surface area contributed by atoms with Gasteiger partial charge in [-0.05, 0) is 40.3 Å². The lowest BCUT2D eigenvalue weighted by Crippen LogP contribution is -1.91. The van der Waals surface area contributed by atoms with Crippen LogP contribution in [0, 0.1) is 0 Å². The molecule has 3 rings (SSSR count). The zero-order valence-corrected chi connectivity index (χ0v) is 9.69. The highest BCUT2D eigenvalue weighted by Crippen LogP contribution is 2.47. The molecule has 1 saturated carbocycles. The van der Waals surface area contributed by atoms with Gasteiger partial charge in [0.05, 0.1) is 10.6 Å². The van der Waals surface area contributed by atoms with E-state index in [0.717, 1.165) is 20.9 Å². The summed E-state index contributed by atoms with van der Waals surface area (Å²) < 4.78 is 0.969. The van der Waals surface area contributed by atoms with E-state index in [2.05, 4.69) is 25.9 Å². The van der Waals surface area contributed by atoms with Gasteiger partial charge in [0.2, 0.25) is 0 Å². The molecule has 3 aliphatic rings. The standard InChI is InChI=1S/C10H8BrClN2/c11-7-4-14-10-8(7)9(12)6(3-13-10)5-1-2-5/h3-5H,1-2H2,(H,13,14). The van der Waals surface area contributed by atoms with Crippen LogP contribution >= 0.6 is 27.5 Å². The SMILES string of the molecule is Clc1c(C2CC2)c[nH]c2ncc(Br)c1-2. The quantitative estimate of drug-likeness (QED) is 0.839. The number of rotatable bonds is 1. The second-order valence-electron chi connectivity index (χ2n) is 3.66. The van der Waals surface area contributed by atoms with Crippen LogP contribution in [0.15, 0.2) is 16.9 Å². The summed E-state index contributed by atoms with van der Waals surface area (Å²) in [5.74, 6) is 1.51. The second kappa shape index (κ2) is 2.97. The highest BCUT2D eigenvalue weighted by molar-refractivity contribution is 9.10. The van der Waals surface area contributed by atoms with Crippen molar-refractivity contribution < 1.29 is 0 Å². The lowest BCUT2D eigenvalue weighted by atomic mass is 10.1. The third kappa shape index (κ3) is 1.19. The Morgan fingerprint density at radius 3 is 3.00 bits per heavy atom. The summed E-state index contributed by atoms with van der Waals surface area (Å²) in [6.45, 7) is 0. The van der Waals surface area contributed by atoms with Crippen molar-refractivity contribution in [3.05, 3.63) is 27.5 Å². The van der Waals surface area contributed by atoms with Gasteiger partial charge in [0.25, 0.3) is 0 Å². The maximum Gasteiger partial charge on any atom is 0.139 e. The summed E-state index contributed by atoms with van der Waals surface area (Å²) in [7, 11) is 0. The van der Waals surface area contributed by atoms with E-state index in [0.29, 0.717) is 5.92 Å². The van der Waals surface area contributed by atoms with Crippen molar-refractivity contribution in [3.8, 4) is 11.4 Å². The lowest BCUT2D eigenvalue weighted by Gasteiger charge is -2.07. The number of fused-ring (bicyclic) bond motifs is 1. The Bertz CT molecular complexity index is 462. The van der Waals surface area contributed by atoms with Crippen molar-refractivity contribution >= 4 is 27.5 Å². The molecule has 0 radical (unpaired) electrons. The van der Waals surface area contributed by atoms with Crippen LogP contribution in [0.25, 0.3) is 11.4 Å². The highest BCUT2D eigenvalue weighted by Gasteiger charge is 2.28. The summed E-state index contributed by atoms with van der Waals surface area (Å²) in [4.78, 5) is 7.39. The molecule has 0 aromatic heterocycles. The molecule has 2 aliphatic heterocycles. The smallest absolute Gasteiger partial charge is 0.139 e. The van der Waals surface area contributed by atoms with Crippen LogP contribution in [-0.2, 0) is 0 Å². The minimum absolute atomic E-state index is 0.657. The van der Waals surface area contributed by atoms with E-state index >= 15 is 0 Å². The molecule has 0 unspecified atom stereocenters. The van der Waals surface area contributed by atoms with Crippen LogP contribution in [0.2, 0.25) is 5.02 Å². The molecule has 2 nitrogen and oxygen atoms in total. The van der Waals surface area contributed by atoms with Crippen LogP contribution in [0.5, 0.6) is 0 Å². The first-order valence-corrected chi connectivity index (χ1v) is 5.75. The van der Waals surface area contributed by atoms with E-state index in [1.54, 1.807) is 6.20 Å². The van der Waals surface area contributed by atoms with Gasteiger partial charge in [0.15, 0.2) is 0 Å². The number of hydrogen-bond donors (Lipinski definition) is 1. The molecular weight excluding hydrogens is 263 g/mol. The number of nitrogens with zero attached hydrogens (tertiary/aromatic N) is 1. The zero-order valence-electron chi connectivity index (χ0n) is 7.35. The molecule has 0 spiro atoms. The Balaban J connectivity index is 2.28. The number of pyridine rings is 1. The van der Waals surface area contributed by atoms with Gasteiger partial charge < -0.3 is 4.98 Å². The number of hydrogen-bond acceptors (Lipinski definition) is 1. The molecule has 1 aliphatic carbocycles. The van der Waals surface area contributed by atoms with Crippen LogP contribution in [0.1, 0.15) is 24.3 Å². The molecule has 0 aromatic carbocycles. The fourth-order valence-electron chi connectivity index (χ4n) is 1.73. The Hall–Kier alpha value is -0.540. The summed E-state index contributed by atoms with van der Waals surface area (Å²) in [6.07, 6.45) is 6.28. The van der Waals surface area contributed by atoms with Crippen molar-refractivity contribution in [1.82, 2.24) is 9.97 Å². The predicted octanol–water partition coefficient (Wildman–Crippen LogP) is 3.81. The fourth-order valence-corrected chi connectivity index (χ4v) is 2.73. The average molecular weight is 272 g/mol. The van der Waals surface area contributed by atoms with E-state index in [-0.39, 0.29) is 0 Å². The Kier molecular flexibility index (Phi) is 1.86. The van der Waals surface area contributed by atoms with Crippen LogP contribution in [0.3, 0.4) is 0 Å². The van der Waals surface area contributed by atoms with Gasteiger partial charge in [0, 0.05) is 16.9 Å². The first-order valence-electron chi connectivity index (χ1n) is 4.58.